The van der Waals surface area contributed by atoms with Crippen LogP contribution in [0.1, 0.15) is 160 Å². The summed E-state index contributed by atoms with van der Waals surface area (Å²) in [5, 5.41) is 0. The van der Waals surface area contributed by atoms with Crippen LogP contribution in [0.15, 0.2) is 103 Å². The lowest BCUT2D eigenvalue weighted by molar-refractivity contribution is 0.195. The van der Waals surface area contributed by atoms with Gasteiger partial charge in [0, 0.05) is 62.3 Å². The van der Waals surface area contributed by atoms with Gasteiger partial charge in [0.2, 0.25) is 6.71 Å². The molecule has 0 saturated heterocycles. The maximum Gasteiger partial charge on any atom is 0.248 e. The van der Waals surface area contributed by atoms with Gasteiger partial charge >= 0.3 is 0 Å². The van der Waals surface area contributed by atoms with Crippen molar-refractivity contribution >= 4 is 57.5 Å². The van der Waals surface area contributed by atoms with Crippen molar-refractivity contribution in [3.05, 3.63) is 136 Å². The Labute approximate surface area is 373 Å². The average Bonchev–Trinajstić information content (AvgIpc) is 3.60. The molecule has 3 heterocycles. The summed E-state index contributed by atoms with van der Waals surface area (Å²) >= 11 is 0. The number of para-hydroxylation sites is 1. The Balaban J connectivity index is 1.23. The molecule has 5 aromatic carbocycles. The first-order valence-corrected chi connectivity index (χ1v) is 24.2. The van der Waals surface area contributed by atoms with Crippen LogP contribution in [0, 0.1) is 6.92 Å². The van der Waals surface area contributed by atoms with Crippen molar-refractivity contribution in [3.8, 4) is 0 Å². The zero-order valence-electron chi connectivity index (χ0n) is 39.6. The van der Waals surface area contributed by atoms with Crippen molar-refractivity contribution in [2.24, 2.45) is 0 Å². The van der Waals surface area contributed by atoms with Gasteiger partial charge in [-0.25, -0.2) is 0 Å². The van der Waals surface area contributed by atoms with Crippen molar-refractivity contribution in [2.75, 3.05) is 14.7 Å². The molecular formula is C58H68BN3. The van der Waals surface area contributed by atoms with Crippen LogP contribution in [-0.2, 0) is 21.7 Å². The molecule has 0 amide bonds. The standard InChI is InChI=1S/C58H68BN3/c1-37-32-48-50-49(33-37)62-52-46(57(10)30-18-19-31-58(57,62)11)34-39(55(5,6)7)35-47(52)59(50)53-51(61(48)42-26-24-38(25-27-42)54(2,3)4)44-36-43(28-29-45(44)56(53,8)9)60(40-20-14-12-15-21-40)41-22-16-13-17-23-41/h12,14-15,20-21,24-29,32-36,41H,13,16-19,22-23,30-31H2,1-11H3. The first-order valence-electron chi connectivity index (χ1n) is 24.2. The van der Waals surface area contributed by atoms with E-state index in [1.807, 2.05) is 0 Å². The highest BCUT2D eigenvalue weighted by molar-refractivity contribution is 6.96. The molecule has 3 nitrogen and oxygen atoms in total. The Morgan fingerprint density at radius 3 is 2.02 bits per heavy atom. The number of rotatable bonds is 4. The monoisotopic (exact) mass is 818 g/mol. The molecule has 2 atom stereocenters. The van der Waals surface area contributed by atoms with E-state index in [4.69, 9.17) is 0 Å². The Bertz CT molecular complexity index is 2670. The molecule has 0 aromatic heterocycles. The third kappa shape index (κ3) is 5.49. The summed E-state index contributed by atoms with van der Waals surface area (Å²) in [7, 11) is 0. The molecule has 0 bridgehead atoms. The molecule has 3 aliphatic carbocycles. The fourth-order valence-corrected chi connectivity index (χ4v) is 13.5. The van der Waals surface area contributed by atoms with Crippen molar-refractivity contribution in [1.29, 1.82) is 0 Å². The lowest BCUT2D eigenvalue weighted by Gasteiger charge is -2.53. The maximum atomic E-state index is 2.91. The molecule has 11 rings (SSSR count). The van der Waals surface area contributed by atoms with Gasteiger partial charge in [-0.15, -0.1) is 0 Å². The zero-order chi connectivity index (χ0) is 43.3. The minimum Gasteiger partial charge on any atom is -0.338 e. The smallest absolute Gasteiger partial charge is 0.248 e. The summed E-state index contributed by atoms with van der Waals surface area (Å²) in [4.78, 5) is 8.34. The molecule has 0 radical (unpaired) electrons. The highest BCUT2D eigenvalue weighted by Gasteiger charge is 2.63. The summed E-state index contributed by atoms with van der Waals surface area (Å²) in [5.74, 6) is 0. The molecule has 3 aliphatic heterocycles. The fraction of sp³-hybridized carbons (Fsp3) is 0.448. The summed E-state index contributed by atoms with van der Waals surface area (Å²) < 4.78 is 0. The largest absolute Gasteiger partial charge is 0.338 e. The van der Waals surface area contributed by atoms with E-state index < -0.39 is 0 Å². The van der Waals surface area contributed by atoms with Crippen molar-refractivity contribution < 1.29 is 0 Å². The van der Waals surface area contributed by atoms with Crippen LogP contribution in [0.25, 0.3) is 5.70 Å². The highest BCUT2D eigenvalue weighted by Crippen LogP contribution is 2.64. The van der Waals surface area contributed by atoms with Gasteiger partial charge in [-0.05, 0) is 138 Å². The van der Waals surface area contributed by atoms with Gasteiger partial charge < -0.3 is 14.7 Å². The van der Waals surface area contributed by atoms with Crippen LogP contribution in [0.4, 0.5) is 34.1 Å². The Kier molecular flexibility index (Phi) is 8.68. The molecule has 0 N–H and O–H groups in total. The molecule has 6 aliphatic rings. The Hall–Kier alpha value is -4.70. The molecule has 4 heteroatoms. The lowest BCUT2D eigenvalue weighted by Crippen LogP contribution is -2.62. The van der Waals surface area contributed by atoms with E-state index in [9.17, 15) is 0 Å². The number of fused-ring (bicyclic) bond motifs is 8. The van der Waals surface area contributed by atoms with Crippen LogP contribution < -0.4 is 25.6 Å². The maximum absolute atomic E-state index is 2.91. The zero-order valence-corrected chi connectivity index (χ0v) is 39.6. The number of allylic oxidation sites excluding steroid dienone is 1. The molecule has 2 saturated carbocycles. The number of anilines is 6. The van der Waals surface area contributed by atoms with E-state index >= 15 is 0 Å². The number of hydrogen-bond donors (Lipinski definition) is 0. The molecule has 0 spiro atoms. The Morgan fingerprint density at radius 1 is 0.645 bits per heavy atom. The van der Waals surface area contributed by atoms with Gasteiger partial charge in [-0.1, -0.05) is 148 Å². The Morgan fingerprint density at radius 2 is 1.32 bits per heavy atom. The molecule has 2 fully saturated rings. The topological polar surface area (TPSA) is 9.72 Å². The van der Waals surface area contributed by atoms with E-state index in [-0.39, 0.29) is 33.9 Å². The van der Waals surface area contributed by atoms with Gasteiger partial charge in [-0.2, -0.15) is 0 Å². The third-order valence-corrected chi connectivity index (χ3v) is 17.1. The summed E-state index contributed by atoms with van der Waals surface area (Å²) in [5.41, 5.74) is 22.7. The quantitative estimate of drug-likeness (QED) is 0.167. The molecule has 5 aromatic rings. The van der Waals surface area contributed by atoms with Crippen LogP contribution in [0.5, 0.6) is 0 Å². The molecular weight excluding hydrogens is 749 g/mol. The second kappa shape index (κ2) is 13.4. The van der Waals surface area contributed by atoms with E-state index in [0.29, 0.717) is 6.04 Å². The summed E-state index contributed by atoms with van der Waals surface area (Å²) in [6, 6.07) is 39.5. The minimum atomic E-state index is -0.217. The SMILES string of the molecule is Cc1cc2c3c(c1)N1c4c(cc(C(C)(C)C)cc4C4(C)CCCCC14C)B3C1=C(c3cc(N(c4ccccc4)C4CCCCC4)ccc3C1(C)C)N2c1ccc(C(C)(C)C)cc1. The predicted molar refractivity (Wildman–Crippen MR) is 267 cm³/mol. The lowest BCUT2D eigenvalue weighted by atomic mass is 9.30. The number of aryl methyl sites for hydroxylation is 1. The minimum absolute atomic E-state index is 0.0116. The van der Waals surface area contributed by atoms with E-state index in [2.05, 4.69) is 188 Å². The number of hydrogen-bond acceptors (Lipinski definition) is 3. The molecule has 62 heavy (non-hydrogen) atoms. The molecule has 2 unspecified atom stereocenters. The van der Waals surface area contributed by atoms with Gasteiger partial charge in [0.05, 0.1) is 5.54 Å². The van der Waals surface area contributed by atoms with Crippen LogP contribution in [0.3, 0.4) is 0 Å². The fourth-order valence-electron chi connectivity index (χ4n) is 13.5. The first kappa shape index (κ1) is 40.1. The van der Waals surface area contributed by atoms with Gasteiger partial charge in [0.25, 0.3) is 0 Å². The second-order valence-electron chi connectivity index (χ2n) is 23.3. The highest BCUT2D eigenvalue weighted by atomic mass is 15.3. The normalized spacial score (nSPS) is 23.5. The van der Waals surface area contributed by atoms with Crippen molar-refractivity contribution in [2.45, 2.75) is 167 Å². The molecule has 318 valence electrons. The number of nitrogens with zero attached hydrogens (tertiary/aromatic N) is 3. The van der Waals surface area contributed by atoms with E-state index in [0.717, 1.165) is 0 Å². The second-order valence-corrected chi connectivity index (χ2v) is 23.3. The first-order chi connectivity index (χ1) is 29.4. The third-order valence-electron chi connectivity index (χ3n) is 17.1. The number of benzene rings is 5. The van der Waals surface area contributed by atoms with E-state index in [1.54, 1.807) is 11.0 Å². The van der Waals surface area contributed by atoms with Crippen LogP contribution >= 0.6 is 0 Å². The van der Waals surface area contributed by atoms with Gasteiger partial charge in [0.1, 0.15) is 0 Å². The summed E-state index contributed by atoms with van der Waals surface area (Å²) in [6.45, 7) is 27.1. The average molecular weight is 818 g/mol. The summed E-state index contributed by atoms with van der Waals surface area (Å²) in [6.07, 6.45) is 11.4. The van der Waals surface area contributed by atoms with Crippen LogP contribution in [0.2, 0.25) is 0 Å². The van der Waals surface area contributed by atoms with Gasteiger partial charge in [-0.3, -0.25) is 0 Å². The van der Waals surface area contributed by atoms with Crippen molar-refractivity contribution in [1.82, 2.24) is 0 Å². The van der Waals surface area contributed by atoms with Crippen LogP contribution in [-0.4, -0.2) is 18.3 Å². The van der Waals surface area contributed by atoms with E-state index in [1.165, 1.54) is 136 Å². The van der Waals surface area contributed by atoms with Crippen molar-refractivity contribution in [3.63, 3.8) is 0 Å². The van der Waals surface area contributed by atoms with Gasteiger partial charge in [0.15, 0.2) is 0 Å². The predicted octanol–water partition coefficient (Wildman–Crippen LogP) is 14.1.